The number of nitrogens with zero attached hydrogens (tertiary/aromatic N) is 3. The van der Waals surface area contributed by atoms with Gasteiger partial charge in [-0.05, 0) is 111 Å². The van der Waals surface area contributed by atoms with Gasteiger partial charge in [0.05, 0.1) is 5.69 Å². The van der Waals surface area contributed by atoms with Crippen LogP contribution in [0.1, 0.15) is 18.2 Å². The van der Waals surface area contributed by atoms with Crippen LogP contribution in [0, 0.1) is 0 Å². The summed E-state index contributed by atoms with van der Waals surface area (Å²) in [6.45, 7) is 3.18. The fourth-order valence-electron chi connectivity index (χ4n) is 8.13. The van der Waals surface area contributed by atoms with Crippen LogP contribution in [0.4, 0.5) is 17.1 Å². The Morgan fingerprint density at radius 2 is 1.19 bits per heavy atom. The molecule has 0 radical (unpaired) electrons. The molecule has 0 aliphatic heterocycles. The van der Waals surface area contributed by atoms with Crippen molar-refractivity contribution in [3.63, 3.8) is 0 Å². The molecule has 0 unspecified atom stereocenters. The van der Waals surface area contributed by atoms with Crippen molar-refractivity contribution in [3.05, 3.63) is 193 Å². The number of benzene rings is 8. The summed E-state index contributed by atoms with van der Waals surface area (Å²) in [5, 5.41) is 7.81. The van der Waals surface area contributed by atoms with Crippen LogP contribution in [0.15, 0.2) is 182 Å². The van der Waals surface area contributed by atoms with Crippen LogP contribution in [0.25, 0.3) is 77.8 Å². The van der Waals surface area contributed by atoms with Crippen LogP contribution in [0.5, 0.6) is 0 Å². The van der Waals surface area contributed by atoms with E-state index in [1.165, 1.54) is 54.5 Å². The molecule has 0 fully saturated rings. The third kappa shape index (κ3) is 5.50. The van der Waals surface area contributed by atoms with Gasteiger partial charge in [0, 0.05) is 57.2 Å². The molecule has 8 aromatic carbocycles. The van der Waals surface area contributed by atoms with E-state index in [4.69, 9.17) is 4.98 Å². The molecule has 10 aromatic rings. The van der Waals surface area contributed by atoms with E-state index in [9.17, 15) is 0 Å². The topological polar surface area (TPSA) is 21.1 Å². The summed E-state index contributed by atoms with van der Waals surface area (Å²) >= 11 is 0. The zero-order valence-corrected chi connectivity index (χ0v) is 30.0. The Hall–Kier alpha value is -6.97. The van der Waals surface area contributed by atoms with Crippen molar-refractivity contribution >= 4 is 72.6 Å². The molecule has 10 rings (SSSR count). The second kappa shape index (κ2) is 13.2. The first-order valence-corrected chi connectivity index (χ1v) is 18.7. The SMILES string of the molecule is CCn1c2cccc3ccc4c(-c5ccc(C=Cc6ccc(-c7ccc(N(c8ccccc8)c8ccc9ccccc9c8)cc7)cn6)cc5)ccc1c4c32. The van der Waals surface area contributed by atoms with Crippen molar-refractivity contribution in [2.75, 3.05) is 4.90 Å². The smallest absolute Gasteiger partial charge is 0.0630 e. The van der Waals surface area contributed by atoms with E-state index in [2.05, 4.69) is 204 Å². The van der Waals surface area contributed by atoms with Crippen LogP contribution < -0.4 is 4.90 Å². The molecule has 2 heterocycles. The van der Waals surface area contributed by atoms with Crippen LogP contribution in [-0.2, 0) is 6.54 Å². The molecule has 3 nitrogen and oxygen atoms in total. The molecule has 2 aromatic heterocycles. The Morgan fingerprint density at radius 3 is 1.98 bits per heavy atom. The molecular formula is C51H37N3. The number of rotatable bonds is 8. The zero-order valence-electron chi connectivity index (χ0n) is 30.0. The molecule has 0 aliphatic rings. The summed E-state index contributed by atoms with van der Waals surface area (Å²) in [5.41, 5.74) is 12.8. The minimum absolute atomic E-state index is 0.925. The minimum Gasteiger partial charge on any atom is -0.341 e. The molecule has 0 saturated carbocycles. The molecule has 3 heteroatoms. The fourth-order valence-corrected chi connectivity index (χ4v) is 8.13. The van der Waals surface area contributed by atoms with Gasteiger partial charge >= 0.3 is 0 Å². The highest BCUT2D eigenvalue weighted by Crippen LogP contribution is 2.41. The van der Waals surface area contributed by atoms with Crippen LogP contribution >= 0.6 is 0 Å². The van der Waals surface area contributed by atoms with Gasteiger partial charge in [-0.25, -0.2) is 0 Å². The van der Waals surface area contributed by atoms with Crippen molar-refractivity contribution in [1.29, 1.82) is 0 Å². The lowest BCUT2D eigenvalue weighted by Gasteiger charge is -2.26. The van der Waals surface area contributed by atoms with Gasteiger partial charge in [-0.3, -0.25) is 4.98 Å². The monoisotopic (exact) mass is 691 g/mol. The average Bonchev–Trinajstić information content (AvgIpc) is 3.58. The van der Waals surface area contributed by atoms with E-state index in [-0.39, 0.29) is 0 Å². The lowest BCUT2D eigenvalue weighted by atomic mass is 9.94. The maximum absolute atomic E-state index is 4.80. The second-order valence-electron chi connectivity index (χ2n) is 13.9. The Kier molecular flexibility index (Phi) is 7.77. The first-order valence-electron chi connectivity index (χ1n) is 18.7. The largest absolute Gasteiger partial charge is 0.341 e. The van der Waals surface area contributed by atoms with Gasteiger partial charge in [0.25, 0.3) is 0 Å². The summed E-state index contributed by atoms with van der Waals surface area (Å²) in [6, 6.07) is 63.3. The second-order valence-corrected chi connectivity index (χ2v) is 13.9. The Labute approximate surface area is 315 Å². The number of aromatic nitrogens is 2. The van der Waals surface area contributed by atoms with E-state index in [0.29, 0.717) is 0 Å². The highest BCUT2D eigenvalue weighted by Gasteiger charge is 2.17. The Balaban J connectivity index is 0.878. The van der Waals surface area contributed by atoms with Gasteiger partial charge < -0.3 is 9.47 Å². The summed E-state index contributed by atoms with van der Waals surface area (Å²) in [5.74, 6) is 0. The van der Waals surface area contributed by atoms with Gasteiger partial charge in [-0.15, -0.1) is 0 Å². The maximum atomic E-state index is 4.80. The highest BCUT2D eigenvalue weighted by atomic mass is 15.1. The maximum Gasteiger partial charge on any atom is 0.0630 e. The summed E-state index contributed by atoms with van der Waals surface area (Å²) < 4.78 is 2.44. The third-order valence-corrected chi connectivity index (χ3v) is 10.8. The van der Waals surface area contributed by atoms with Gasteiger partial charge in [-0.2, -0.15) is 0 Å². The number of fused-ring (bicyclic) bond motifs is 1. The summed E-state index contributed by atoms with van der Waals surface area (Å²) in [7, 11) is 0. The van der Waals surface area contributed by atoms with E-state index in [1.807, 2.05) is 6.20 Å². The van der Waals surface area contributed by atoms with Crippen LogP contribution in [0.3, 0.4) is 0 Å². The number of para-hydroxylation sites is 1. The van der Waals surface area contributed by atoms with Gasteiger partial charge in [0.15, 0.2) is 0 Å². The lowest BCUT2D eigenvalue weighted by Crippen LogP contribution is -2.09. The van der Waals surface area contributed by atoms with E-state index in [1.54, 1.807) is 0 Å². The first kappa shape index (κ1) is 31.7. The number of anilines is 3. The summed E-state index contributed by atoms with van der Waals surface area (Å²) in [4.78, 5) is 7.11. The molecule has 0 saturated heterocycles. The molecule has 0 N–H and O–H groups in total. The summed E-state index contributed by atoms with van der Waals surface area (Å²) in [6.07, 6.45) is 6.19. The lowest BCUT2D eigenvalue weighted by molar-refractivity contribution is 0.827. The van der Waals surface area contributed by atoms with Crippen molar-refractivity contribution < 1.29 is 0 Å². The van der Waals surface area contributed by atoms with E-state index < -0.39 is 0 Å². The molecule has 256 valence electrons. The van der Waals surface area contributed by atoms with Crippen LogP contribution in [-0.4, -0.2) is 9.55 Å². The predicted octanol–water partition coefficient (Wildman–Crippen LogP) is 13.9. The van der Waals surface area contributed by atoms with Crippen LogP contribution in [0.2, 0.25) is 0 Å². The molecule has 0 atom stereocenters. The van der Waals surface area contributed by atoms with Gasteiger partial charge in [0.1, 0.15) is 0 Å². The van der Waals surface area contributed by atoms with Crippen molar-refractivity contribution in [2.24, 2.45) is 0 Å². The average molecular weight is 692 g/mol. The van der Waals surface area contributed by atoms with Crippen molar-refractivity contribution in [3.8, 4) is 22.3 Å². The van der Waals surface area contributed by atoms with Gasteiger partial charge in [-0.1, -0.05) is 127 Å². The molecule has 0 spiro atoms. The normalized spacial score (nSPS) is 11.8. The first-order chi connectivity index (χ1) is 26.7. The molecular weight excluding hydrogens is 655 g/mol. The zero-order chi connectivity index (χ0) is 36.0. The number of hydrogen-bond donors (Lipinski definition) is 0. The van der Waals surface area contributed by atoms with Crippen molar-refractivity contribution in [1.82, 2.24) is 9.55 Å². The number of aryl methyl sites for hydroxylation is 1. The molecule has 0 bridgehead atoms. The highest BCUT2D eigenvalue weighted by molar-refractivity contribution is 6.26. The third-order valence-electron chi connectivity index (χ3n) is 10.8. The Bertz CT molecular complexity index is 2940. The van der Waals surface area contributed by atoms with E-state index in [0.717, 1.165) is 46.0 Å². The number of pyridine rings is 1. The minimum atomic E-state index is 0.925. The van der Waals surface area contributed by atoms with Gasteiger partial charge in [0.2, 0.25) is 0 Å². The Morgan fingerprint density at radius 1 is 0.500 bits per heavy atom. The molecule has 0 amide bonds. The van der Waals surface area contributed by atoms with Crippen molar-refractivity contribution in [2.45, 2.75) is 13.5 Å². The number of hydrogen-bond acceptors (Lipinski definition) is 2. The predicted molar refractivity (Wildman–Crippen MR) is 230 cm³/mol. The molecule has 0 aliphatic carbocycles. The molecule has 54 heavy (non-hydrogen) atoms. The standard InChI is InChI=1S/C51H37N3/c1-2-53-48-14-8-11-39-24-30-47-46(31-32-49(53)51(47)50(39)48)38-18-15-35(16-19-38)17-25-42-26-20-41(34-52-42)37-21-27-44(28-22-37)54(43-12-4-3-5-13-43)45-29-23-36-9-6-7-10-40(36)33-45/h3-34H,2H2,1H3. The fraction of sp³-hybridized carbons (Fsp3) is 0.0392. The quantitative estimate of drug-likeness (QED) is 0.148. The van der Waals surface area contributed by atoms with E-state index >= 15 is 0 Å².